The molecule has 0 aliphatic carbocycles. The zero-order valence-electron chi connectivity index (χ0n) is 10.8. The number of aliphatic hydroxyl groups is 1. The quantitative estimate of drug-likeness (QED) is 0.889. The molecule has 4 nitrogen and oxygen atoms in total. The van der Waals surface area contributed by atoms with Gasteiger partial charge in [0.1, 0.15) is 5.82 Å². The lowest BCUT2D eigenvalue weighted by atomic mass is 10.1. The molecule has 0 heterocycles. The largest absolute Gasteiger partial charge is 0.392 e. The first-order chi connectivity index (χ1) is 8.38. The molecule has 0 bridgehead atoms. The number of hydrogen-bond donors (Lipinski definition) is 1. The summed E-state index contributed by atoms with van der Waals surface area (Å²) in [7, 11) is -3.62. The molecule has 1 N–H and O–H groups in total. The molecule has 1 aromatic rings. The van der Waals surface area contributed by atoms with Gasteiger partial charge in [0.2, 0.25) is 10.0 Å². The van der Waals surface area contributed by atoms with Gasteiger partial charge in [0.05, 0.1) is 11.5 Å². The Balaban J connectivity index is 3.38. The van der Waals surface area contributed by atoms with E-state index in [9.17, 15) is 12.8 Å². The van der Waals surface area contributed by atoms with Crippen molar-refractivity contribution in [2.75, 3.05) is 13.1 Å². The van der Waals surface area contributed by atoms with Crippen molar-refractivity contribution in [1.82, 2.24) is 4.31 Å². The van der Waals surface area contributed by atoms with Gasteiger partial charge < -0.3 is 5.11 Å². The number of aryl methyl sites for hydroxylation is 1. The standard InChI is InChI=1S/C12H18FNO3S/c1-4-14(5-2)18(16,17)11-6-9(3)12(13)10(7-11)8-15/h6-7,15H,4-5,8H2,1-3H3. The second kappa shape index (κ2) is 5.77. The van der Waals surface area contributed by atoms with Crippen LogP contribution in [0.2, 0.25) is 0 Å². The number of nitrogens with zero attached hydrogens (tertiary/aromatic N) is 1. The Morgan fingerprint density at radius 1 is 1.28 bits per heavy atom. The fourth-order valence-corrected chi connectivity index (χ4v) is 3.38. The third kappa shape index (κ3) is 2.71. The van der Waals surface area contributed by atoms with Gasteiger partial charge in [-0.05, 0) is 24.6 Å². The molecule has 102 valence electrons. The molecule has 18 heavy (non-hydrogen) atoms. The van der Waals surface area contributed by atoms with E-state index in [0.717, 1.165) is 0 Å². The molecule has 0 radical (unpaired) electrons. The van der Waals surface area contributed by atoms with Crippen LogP contribution in [-0.4, -0.2) is 30.9 Å². The number of rotatable bonds is 5. The molecule has 0 amide bonds. The summed E-state index contributed by atoms with van der Waals surface area (Å²) >= 11 is 0. The van der Waals surface area contributed by atoms with Crippen molar-refractivity contribution in [3.8, 4) is 0 Å². The summed E-state index contributed by atoms with van der Waals surface area (Å²) in [6, 6.07) is 2.48. The highest BCUT2D eigenvalue weighted by molar-refractivity contribution is 7.89. The zero-order valence-corrected chi connectivity index (χ0v) is 11.6. The molecule has 1 rings (SSSR count). The Morgan fingerprint density at radius 2 is 1.83 bits per heavy atom. The maximum Gasteiger partial charge on any atom is 0.243 e. The minimum Gasteiger partial charge on any atom is -0.392 e. The summed E-state index contributed by atoms with van der Waals surface area (Å²) in [5.74, 6) is -0.559. The number of halogens is 1. The summed E-state index contributed by atoms with van der Waals surface area (Å²) in [4.78, 5) is 0.0224. The third-order valence-corrected chi connectivity index (χ3v) is 4.84. The van der Waals surface area contributed by atoms with Crippen molar-refractivity contribution in [2.24, 2.45) is 0 Å². The highest BCUT2D eigenvalue weighted by Crippen LogP contribution is 2.22. The second-order valence-electron chi connectivity index (χ2n) is 3.96. The van der Waals surface area contributed by atoms with E-state index in [1.165, 1.54) is 23.4 Å². The van der Waals surface area contributed by atoms with Crippen LogP contribution in [0.1, 0.15) is 25.0 Å². The summed E-state index contributed by atoms with van der Waals surface area (Å²) in [6.45, 7) is 5.15. The molecule has 1 aromatic carbocycles. The molecule has 0 saturated carbocycles. The van der Waals surface area contributed by atoms with Crippen LogP contribution in [0.3, 0.4) is 0 Å². The average Bonchev–Trinajstić information content (AvgIpc) is 2.33. The molecule has 0 aromatic heterocycles. The Bertz CT molecular complexity index is 524. The average molecular weight is 275 g/mol. The number of aliphatic hydroxyl groups excluding tert-OH is 1. The SMILES string of the molecule is CCN(CC)S(=O)(=O)c1cc(C)c(F)c(CO)c1. The van der Waals surface area contributed by atoms with E-state index in [1.807, 2.05) is 0 Å². The summed E-state index contributed by atoms with van der Waals surface area (Å²) < 4.78 is 39.4. The van der Waals surface area contributed by atoms with Crippen LogP contribution in [0.5, 0.6) is 0 Å². The minimum atomic E-state index is -3.62. The minimum absolute atomic E-state index is 0.000677. The van der Waals surface area contributed by atoms with Crippen LogP contribution < -0.4 is 0 Å². The molecular formula is C12H18FNO3S. The fraction of sp³-hybridized carbons (Fsp3) is 0.500. The first kappa shape index (κ1) is 15.1. The van der Waals surface area contributed by atoms with E-state index in [1.54, 1.807) is 13.8 Å². The van der Waals surface area contributed by atoms with E-state index >= 15 is 0 Å². The van der Waals surface area contributed by atoms with Crippen molar-refractivity contribution < 1.29 is 17.9 Å². The first-order valence-electron chi connectivity index (χ1n) is 5.78. The fourth-order valence-electron chi connectivity index (χ4n) is 1.78. The molecule has 0 unspecified atom stereocenters. The van der Waals surface area contributed by atoms with Crippen molar-refractivity contribution in [1.29, 1.82) is 0 Å². The van der Waals surface area contributed by atoms with Gasteiger partial charge in [0.25, 0.3) is 0 Å². The Morgan fingerprint density at radius 3 is 2.28 bits per heavy atom. The van der Waals surface area contributed by atoms with E-state index in [2.05, 4.69) is 0 Å². The van der Waals surface area contributed by atoms with Gasteiger partial charge in [-0.3, -0.25) is 0 Å². The molecule has 0 atom stereocenters. The van der Waals surface area contributed by atoms with E-state index < -0.39 is 22.4 Å². The van der Waals surface area contributed by atoms with E-state index in [0.29, 0.717) is 13.1 Å². The number of hydrogen-bond acceptors (Lipinski definition) is 3. The van der Waals surface area contributed by atoms with Crippen LogP contribution in [0.4, 0.5) is 4.39 Å². The van der Waals surface area contributed by atoms with E-state index in [4.69, 9.17) is 5.11 Å². The normalized spacial score (nSPS) is 12.1. The van der Waals surface area contributed by atoms with E-state index in [-0.39, 0.29) is 16.0 Å². The predicted octanol–water partition coefficient (Wildman–Crippen LogP) is 1.66. The first-order valence-corrected chi connectivity index (χ1v) is 7.22. The molecule has 0 fully saturated rings. The highest BCUT2D eigenvalue weighted by Gasteiger charge is 2.23. The van der Waals surface area contributed by atoms with Gasteiger partial charge >= 0.3 is 0 Å². The van der Waals surface area contributed by atoms with Crippen molar-refractivity contribution >= 4 is 10.0 Å². The molecule has 0 saturated heterocycles. The summed E-state index contributed by atoms with van der Waals surface area (Å²) in [6.07, 6.45) is 0. The molecular weight excluding hydrogens is 257 g/mol. The summed E-state index contributed by atoms with van der Waals surface area (Å²) in [5, 5.41) is 9.04. The summed E-state index contributed by atoms with van der Waals surface area (Å²) in [5.41, 5.74) is 0.216. The number of benzene rings is 1. The van der Waals surface area contributed by atoms with Gasteiger partial charge in [0.15, 0.2) is 0 Å². The maximum absolute atomic E-state index is 13.6. The monoisotopic (exact) mass is 275 g/mol. The van der Waals surface area contributed by atoms with Gasteiger partial charge in [-0.1, -0.05) is 13.8 Å². The smallest absolute Gasteiger partial charge is 0.243 e. The lowest BCUT2D eigenvalue weighted by molar-refractivity contribution is 0.275. The highest BCUT2D eigenvalue weighted by atomic mass is 32.2. The van der Waals surface area contributed by atoms with Crippen LogP contribution in [0.15, 0.2) is 17.0 Å². The number of sulfonamides is 1. The third-order valence-electron chi connectivity index (χ3n) is 2.82. The van der Waals surface area contributed by atoms with Gasteiger partial charge in [-0.2, -0.15) is 4.31 Å². The maximum atomic E-state index is 13.6. The van der Waals surface area contributed by atoms with Gasteiger partial charge in [0, 0.05) is 18.7 Å². The second-order valence-corrected chi connectivity index (χ2v) is 5.90. The van der Waals surface area contributed by atoms with Gasteiger partial charge in [-0.25, -0.2) is 12.8 Å². The van der Waals surface area contributed by atoms with Crippen molar-refractivity contribution in [3.05, 3.63) is 29.1 Å². The molecule has 0 aliphatic heterocycles. The van der Waals surface area contributed by atoms with Crippen LogP contribution >= 0.6 is 0 Å². The molecule has 0 spiro atoms. The van der Waals surface area contributed by atoms with Crippen LogP contribution in [0.25, 0.3) is 0 Å². The molecule has 6 heteroatoms. The Labute approximate surface area is 107 Å². The van der Waals surface area contributed by atoms with Crippen LogP contribution in [0, 0.1) is 12.7 Å². The molecule has 0 aliphatic rings. The Kier molecular flexibility index (Phi) is 4.84. The Hall–Kier alpha value is -0.980. The van der Waals surface area contributed by atoms with Crippen LogP contribution in [-0.2, 0) is 16.6 Å². The van der Waals surface area contributed by atoms with Crippen molar-refractivity contribution in [3.63, 3.8) is 0 Å². The zero-order chi connectivity index (χ0) is 13.9. The predicted molar refractivity (Wildman–Crippen MR) is 67.2 cm³/mol. The topological polar surface area (TPSA) is 57.6 Å². The van der Waals surface area contributed by atoms with Gasteiger partial charge in [-0.15, -0.1) is 0 Å². The lowest BCUT2D eigenvalue weighted by Gasteiger charge is -2.19. The lowest BCUT2D eigenvalue weighted by Crippen LogP contribution is -2.30. The van der Waals surface area contributed by atoms with Crippen molar-refractivity contribution in [2.45, 2.75) is 32.3 Å².